The molecule has 0 aromatic rings. The molecule has 0 amide bonds. The molecule has 0 saturated heterocycles. The maximum absolute atomic E-state index is 2.40. The Bertz CT molecular complexity index is 137. The second-order valence-electron chi connectivity index (χ2n) is 5.08. The summed E-state index contributed by atoms with van der Waals surface area (Å²) in [6.07, 6.45) is 7.20. The van der Waals surface area contributed by atoms with Crippen LogP contribution in [0, 0.1) is 23.7 Å². The molecule has 1 saturated carbocycles. The van der Waals surface area contributed by atoms with Gasteiger partial charge >= 0.3 is 0 Å². The first-order chi connectivity index (χ1) is 6.22. The van der Waals surface area contributed by atoms with Crippen molar-refractivity contribution in [3.63, 3.8) is 0 Å². The monoisotopic (exact) mass is 182 g/mol. The molecule has 0 bridgehead atoms. The summed E-state index contributed by atoms with van der Waals surface area (Å²) in [5, 5.41) is 0. The Kier molecular flexibility index (Phi) is 4.28. The first kappa shape index (κ1) is 11.1. The van der Waals surface area contributed by atoms with Gasteiger partial charge in [0, 0.05) is 0 Å². The predicted octanol–water partition coefficient (Wildman–Crippen LogP) is 4.49. The van der Waals surface area contributed by atoms with Crippen molar-refractivity contribution in [2.75, 3.05) is 0 Å². The first-order valence-corrected chi connectivity index (χ1v) is 6.22. The summed E-state index contributed by atoms with van der Waals surface area (Å²) in [5.74, 6) is 4.20. The SMILES string of the molecule is CCCCC1C(CCC)C1C(C)C. The Morgan fingerprint density at radius 2 is 1.54 bits per heavy atom. The lowest BCUT2D eigenvalue weighted by atomic mass is 10.0. The van der Waals surface area contributed by atoms with Crippen molar-refractivity contribution in [1.29, 1.82) is 0 Å². The number of unbranched alkanes of at least 4 members (excludes halogenated alkanes) is 1. The zero-order valence-corrected chi connectivity index (χ0v) is 9.84. The zero-order chi connectivity index (χ0) is 9.84. The van der Waals surface area contributed by atoms with Gasteiger partial charge < -0.3 is 0 Å². The van der Waals surface area contributed by atoms with Crippen molar-refractivity contribution in [3.8, 4) is 0 Å². The van der Waals surface area contributed by atoms with Crippen LogP contribution in [0.25, 0.3) is 0 Å². The minimum Gasteiger partial charge on any atom is -0.0654 e. The van der Waals surface area contributed by atoms with Crippen LogP contribution in [0.1, 0.15) is 59.8 Å². The number of hydrogen-bond donors (Lipinski definition) is 0. The van der Waals surface area contributed by atoms with Crippen LogP contribution in [0.4, 0.5) is 0 Å². The van der Waals surface area contributed by atoms with Gasteiger partial charge in [-0.1, -0.05) is 53.4 Å². The minimum atomic E-state index is 0.929. The van der Waals surface area contributed by atoms with E-state index >= 15 is 0 Å². The average molecular weight is 182 g/mol. The van der Waals surface area contributed by atoms with Crippen LogP contribution in [0.5, 0.6) is 0 Å². The molecule has 0 aromatic carbocycles. The molecule has 1 fully saturated rings. The Morgan fingerprint density at radius 3 is 2.00 bits per heavy atom. The summed E-state index contributed by atoms with van der Waals surface area (Å²) in [6, 6.07) is 0. The highest BCUT2D eigenvalue weighted by Gasteiger charge is 2.49. The van der Waals surface area contributed by atoms with Gasteiger partial charge in [-0.15, -0.1) is 0 Å². The molecule has 0 heterocycles. The van der Waals surface area contributed by atoms with E-state index in [9.17, 15) is 0 Å². The molecule has 1 aliphatic carbocycles. The summed E-state index contributed by atoms with van der Waals surface area (Å²) in [6.45, 7) is 9.44. The van der Waals surface area contributed by atoms with Crippen molar-refractivity contribution >= 4 is 0 Å². The highest BCUT2D eigenvalue weighted by molar-refractivity contribution is 4.97. The van der Waals surface area contributed by atoms with Crippen molar-refractivity contribution in [3.05, 3.63) is 0 Å². The lowest BCUT2D eigenvalue weighted by molar-refractivity contribution is 0.483. The smallest absolute Gasteiger partial charge is 0.0329 e. The van der Waals surface area contributed by atoms with Crippen LogP contribution in [0.3, 0.4) is 0 Å². The van der Waals surface area contributed by atoms with Crippen LogP contribution in [-0.2, 0) is 0 Å². The molecule has 0 aliphatic heterocycles. The molecule has 3 unspecified atom stereocenters. The molecule has 78 valence electrons. The topological polar surface area (TPSA) is 0 Å². The van der Waals surface area contributed by atoms with E-state index in [4.69, 9.17) is 0 Å². The Balaban J connectivity index is 2.28. The number of rotatable bonds is 6. The molecule has 0 heteroatoms. The Labute approximate surface area is 84.1 Å². The summed E-state index contributed by atoms with van der Waals surface area (Å²) < 4.78 is 0. The summed E-state index contributed by atoms with van der Waals surface area (Å²) in [7, 11) is 0. The fourth-order valence-electron chi connectivity index (χ4n) is 3.05. The third-order valence-corrected chi connectivity index (χ3v) is 3.68. The van der Waals surface area contributed by atoms with Crippen molar-refractivity contribution < 1.29 is 0 Å². The van der Waals surface area contributed by atoms with Crippen LogP contribution >= 0.6 is 0 Å². The van der Waals surface area contributed by atoms with E-state index in [-0.39, 0.29) is 0 Å². The van der Waals surface area contributed by atoms with E-state index in [0.717, 1.165) is 23.7 Å². The van der Waals surface area contributed by atoms with E-state index in [1.165, 1.54) is 32.1 Å². The Hall–Kier alpha value is 0. The number of hydrogen-bond acceptors (Lipinski definition) is 0. The van der Waals surface area contributed by atoms with E-state index in [1.807, 2.05) is 0 Å². The van der Waals surface area contributed by atoms with Crippen molar-refractivity contribution in [2.24, 2.45) is 23.7 Å². The second kappa shape index (κ2) is 5.02. The molecule has 1 aliphatic rings. The molecule has 3 atom stereocenters. The molecule has 1 rings (SSSR count). The van der Waals surface area contributed by atoms with Gasteiger partial charge in [0.2, 0.25) is 0 Å². The maximum Gasteiger partial charge on any atom is -0.0329 e. The molecule has 0 radical (unpaired) electrons. The normalized spacial score (nSPS) is 32.5. The average Bonchev–Trinajstić information content (AvgIpc) is 2.76. The molecule has 0 N–H and O–H groups in total. The van der Waals surface area contributed by atoms with E-state index < -0.39 is 0 Å². The minimum absolute atomic E-state index is 0.929. The standard InChI is InChI=1S/C13H26/c1-5-7-9-12-11(8-6-2)13(12)10(3)4/h10-13H,5-9H2,1-4H3. The fraction of sp³-hybridized carbons (Fsp3) is 1.00. The summed E-state index contributed by atoms with van der Waals surface area (Å²) in [5.41, 5.74) is 0. The molecular weight excluding hydrogens is 156 g/mol. The van der Waals surface area contributed by atoms with Gasteiger partial charge in [-0.05, 0) is 30.1 Å². The lowest BCUT2D eigenvalue weighted by Crippen LogP contribution is -1.93. The predicted molar refractivity (Wildman–Crippen MR) is 59.7 cm³/mol. The van der Waals surface area contributed by atoms with E-state index in [0.29, 0.717) is 0 Å². The van der Waals surface area contributed by atoms with Crippen LogP contribution in [0.15, 0.2) is 0 Å². The van der Waals surface area contributed by atoms with Gasteiger partial charge in [-0.3, -0.25) is 0 Å². The van der Waals surface area contributed by atoms with Crippen molar-refractivity contribution in [1.82, 2.24) is 0 Å². The molecular formula is C13H26. The molecule has 0 aromatic heterocycles. The largest absolute Gasteiger partial charge is 0.0654 e. The van der Waals surface area contributed by atoms with Gasteiger partial charge in [0.1, 0.15) is 0 Å². The van der Waals surface area contributed by atoms with Crippen LogP contribution in [0.2, 0.25) is 0 Å². The Morgan fingerprint density at radius 1 is 0.923 bits per heavy atom. The van der Waals surface area contributed by atoms with Crippen molar-refractivity contribution in [2.45, 2.75) is 59.8 Å². The first-order valence-electron chi connectivity index (χ1n) is 6.22. The lowest BCUT2D eigenvalue weighted by Gasteiger charge is -2.01. The highest BCUT2D eigenvalue weighted by Crippen LogP contribution is 2.55. The summed E-state index contributed by atoms with van der Waals surface area (Å²) in [4.78, 5) is 0. The van der Waals surface area contributed by atoms with E-state index in [2.05, 4.69) is 27.7 Å². The third-order valence-electron chi connectivity index (χ3n) is 3.68. The van der Waals surface area contributed by atoms with Gasteiger partial charge in [-0.2, -0.15) is 0 Å². The van der Waals surface area contributed by atoms with E-state index in [1.54, 1.807) is 0 Å². The zero-order valence-electron chi connectivity index (χ0n) is 9.84. The molecule has 0 nitrogen and oxygen atoms in total. The van der Waals surface area contributed by atoms with Crippen LogP contribution < -0.4 is 0 Å². The van der Waals surface area contributed by atoms with Gasteiger partial charge in [0.05, 0.1) is 0 Å². The highest BCUT2D eigenvalue weighted by atomic mass is 14.5. The van der Waals surface area contributed by atoms with Crippen LogP contribution in [-0.4, -0.2) is 0 Å². The van der Waals surface area contributed by atoms with Gasteiger partial charge in [-0.25, -0.2) is 0 Å². The maximum atomic E-state index is 2.40. The second-order valence-corrected chi connectivity index (χ2v) is 5.08. The molecule has 0 spiro atoms. The van der Waals surface area contributed by atoms with Gasteiger partial charge in [0.25, 0.3) is 0 Å². The third kappa shape index (κ3) is 2.72. The quantitative estimate of drug-likeness (QED) is 0.567. The summed E-state index contributed by atoms with van der Waals surface area (Å²) >= 11 is 0. The fourth-order valence-corrected chi connectivity index (χ4v) is 3.05. The molecule has 13 heavy (non-hydrogen) atoms. The van der Waals surface area contributed by atoms with Gasteiger partial charge in [0.15, 0.2) is 0 Å².